The Balaban J connectivity index is 1.53. The molecule has 0 atom stereocenters. The molecule has 0 radical (unpaired) electrons. The lowest BCUT2D eigenvalue weighted by atomic mass is 10.1. The van der Waals surface area contributed by atoms with E-state index in [2.05, 4.69) is 16.8 Å². The Labute approximate surface area is 159 Å². The molecule has 1 saturated carbocycles. The molecule has 0 bridgehead atoms. The van der Waals surface area contributed by atoms with Crippen molar-refractivity contribution in [1.82, 2.24) is 15.1 Å². The number of nitrogens with zero attached hydrogens (tertiary/aromatic N) is 2. The molecule has 0 unspecified atom stereocenters. The summed E-state index contributed by atoms with van der Waals surface area (Å²) in [4.78, 5) is 28.6. The fourth-order valence-corrected chi connectivity index (χ4v) is 3.06. The highest BCUT2D eigenvalue weighted by Crippen LogP contribution is 2.28. The number of ether oxygens (including phenoxy) is 2. The van der Waals surface area contributed by atoms with Gasteiger partial charge in [0.1, 0.15) is 6.61 Å². The van der Waals surface area contributed by atoms with E-state index in [1.54, 1.807) is 31.4 Å². The van der Waals surface area contributed by atoms with Crippen molar-refractivity contribution in [2.75, 3.05) is 46.4 Å². The zero-order valence-corrected chi connectivity index (χ0v) is 15.8. The van der Waals surface area contributed by atoms with Crippen molar-refractivity contribution in [3.8, 4) is 11.5 Å². The van der Waals surface area contributed by atoms with Crippen LogP contribution in [0, 0.1) is 0 Å². The van der Waals surface area contributed by atoms with E-state index in [0.29, 0.717) is 62.4 Å². The number of rotatable bonds is 8. The molecule has 1 heterocycles. The highest BCUT2D eigenvalue weighted by Gasteiger charge is 2.27. The number of methoxy groups -OCH3 is 1. The lowest BCUT2D eigenvalue weighted by molar-refractivity contribution is -0.122. The summed E-state index contributed by atoms with van der Waals surface area (Å²) in [6, 6.07) is 5.58. The second-order valence-corrected chi connectivity index (χ2v) is 6.88. The van der Waals surface area contributed by atoms with Gasteiger partial charge in [0, 0.05) is 37.8 Å². The van der Waals surface area contributed by atoms with Gasteiger partial charge in [-0.2, -0.15) is 0 Å². The summed E-state index contributed by atoms with van der Waals surface area (Å²) < 4.78 is 10.9. The molecule has 0 spiro atoms. The number of hydrogen-bond donors (Lipinski definition) is 1. The average molecular weight is 373 g/mol. The SMILES string of the molecule is C=CCOc1ccc(C(=O)N2CCN(CC(=O)NC3CC3)CC2)cc1OC. The lowest BCUT2D eigenvalue weighted by Crippen LogP contribution is -2.51. The average Bonchev–Trinajstić information content (AvgIpc) is 3.50. The van der Waals surface area contributed by atoms with Gasteiger partial charge in [-0.15, -0.1) is 0 Å². The van der Waals surface area contributed by atoms with Gasteiger partial charge < -0.3 is 19.7 Å². The van der Waals surface area contributed by atoms with Gasteiger partial charge in [-0.25, -0.2) is 0 Å². The Morgan fingerprint density at radius 3 is 2.59 bits per heavy atom. The summed E-state index contributed by atoms with van der Waals surface area (Å²) in [6.07, 6.45) is 3.84. The van der Waals surface area contributed by atoms with E-state index in [0.717, 1.165) is 12.8 Å². The van der Waals surface area contributed by atoms with Crippen molar-refractivity contribution in [2.24, 2.45) is 0 Å². The van der Waals surface area contributed by atoms with Crippen molar-refractivity contribution < 1.29 is 19.1 Å². The predicted molar refractivity (Wildman–Crippen MR) is 102 cm³/mol. The summed E-state index contributed by atoms with van der Waals surface area (Å²) in [5.41, 5.74) is 0.567. The van der Waals surface area contributed by atoms with Crippen LogP contribution in [0.4, 0.5) is 0 Å². The van der Waals surface area contributed by atoms with Gasteiger partial charge in [-0.1, -0.05) is 12.7 Å². The second-order valence-electron chi connectivity index (χ2n) is 6.88. The van der Waals surface area contributed by atoms with Crippen molar-refractivity contribution in [3.05, 3.63) is 36.4 Å². The fourth-order valence-electron chi connectivity index (χ4n) is 3.06. The maximum Gasteiger partial charge on any atom is 0.254 e. The van der Waals surface area contributed by atoms with Gasteiger partial charge in [0.25, 0.3) is 5.91 Å². The molecular formula is C20H27N3O4. The van der Waals surface area contributed by atoms with Crippen molar-refractivity contribution >= 4 is 11.8 Å². The minimum atomic E-state index is -0.0364. The summed E-state index contributed by atoms with van der Waals surface area (Å²) in [7, 11) is 1.55. The van der Waals surface area contributed by atoms with Crippen LogP contribution in [0.15, 0.2) is 30.9 Å². The van der Waals surface area contributed by atoms with E-state index in [1.165, 1.54) is 0 Å². The smallest absolute Gasteiger partial charge is 0.254 e. The van der Waals surface area contributed by atoms with Crippen molar-refractivity contribution in [3.63, 3.8) is 0 Å². The quantitative estimate of drug-likeness (QED) is 0.696. The maximum atomic E-state index is 12.8. The standard InChI is InChI=1S/C20H27N3O4/c1-3-12-27-17-7-4-15(13-18(17)26-2)20(25)23-10-8-22(9-11-23)14-19(24)21-16-5-6-16/h3-4,7,13,16H,1,5-6,8-12,14H2,2H3,(H,21,24). The first-order valence-electron chi connectivity index (χ1n) is 9.33. The molecule has 1 aliphatic heterocycles. The van der Waals surface area contributed by atoms with Crippen LogP contribution in [0.25, 0.3) is 0 Å². The van der Waals surface area contributed by atoms with Crippen LogP contribution < -0.4 is 14.8 Å². The highest BCUT2D eigenvalue weighted by molar-refractivity contribution is 5.95. The van der Waals surface area contributed by atoms with E-state index in [4.69, 9.17) is 9.47 Å². The van der Waals surface area contributed by atoms with Crippen molar-refractivity contribution in [1.29, 1.82) is 0 Å². The number of hydrogen-bond acceptors (Lipinski definition) is 5. The van der Waals surface area contributed by atoms with Crippen LogP contribution in [0.2, 0.25) is 0 Å². The number of amides is 2. The minimum absolute atomic E-state index is 0.0364. The molecule has 2 aliphatic rings. The molecule has 1 saturated heterocycles. The molecule has 2 fully saturated rings. The van der Waals surface area contributed by atoms with Crippen molar-refractivity contribution in [2.45, 2.75) is 18.9 Å². The third kappa shape index (κ3) is 5.23. The molecule has 7 heteroatoms. The van der Waals surface area contributed by atoms with Gasteiger partial charge >= 0.3 is 0 Å². The van der Waals surface area contributed by atoms with Gasteiger partial charge in [-0.05, 0) is 31.0 Å². The Bertz CT molecular complexity index is 694. The number of benzene rings is 1. The number of nitrogens with one attached hydrogen (secondary N) is 1. The molecule has 1 aromatic carbocycles. The molecule has 146 valence electrons. The molecule has 1 aromatic rings. The highest BCUT2D eigenvalue weighted by atomic mass is 16.5. The zero-order chi connectivity index (χ0) is 19.2. The molecule has 2 amide bonds. The Kier molecular flexibility index (Phi) is 6.34. The summed E-state index contributed by atoms with van der Waals surface area (Å²) in [5, 5.41) is 3.00. The third-order valence-corrected chi connectivity index (χ3v) is 4.74. The zero-order valence-electron chi connectivity index (χ0n) is 15.8. The summed E-state index contributed by atoms with van der Waals surface area (Å²) in [6.45, 7) is 7.00. The van der Waals surface area contributed by atoms with Crippen LogP contribution in [0.3, 0.4) is 0 Å². The normalized spacial score (nSPS) is 17.3. The Hall–Kier alpha value is -2.54. The first-order valence-corrected chi connectivity index (χ1v) is 9.33. The Morgan fingerprint density at radius 1 is 1.22 bits per heavy atom. The van der Waals surface area contributed by atoms with Gasteiger partial charge in [0.05, 0.1) is 13.7 Å². The maximum absolute atomic E-state index is 12.8. The number of piperazine rings is 1. The third-order valence-electron chi connectivity index (χ3n) is 4.74. The van der Waals surface area contributed by atoms with Crippen LogP contribution in [0.1, 0.15) is 23.2 Å². The lowest BCUT2D eigenvalue weighted by Gasteiger charge is -2.34. The summed E-state index contributed by atoms with van der Waals surface area (Å²) >= 11 is 0. The molecule has 0 aromatic heterocycles. The van der Waals surface area contributed by atoms with E-state index in [1.807, 2.05) is 4.90 Å². The first kappa shape index (κ1) is 19.2. The van der Waals surface area contributed by atoms with E-state index in [-0.39, 0.29) is 11.8 Å². The van der Waals surface area contributed by atoms with Crippen LogP contribution >= 0.6 is 0 Å². The minimum Gasteiger partial charge on any atom is -0.493 e. The fraction of sp³-hybridized carbons (Fsp3) is 0.500. The molecule has 7 nitrogen and oxygen atoms in total. The number of carbonyl (C=O) groups excluding carboxylic acids is 2. The molecule has 27 heavy (non-hydrogen) atoms. The Morgan fingerprint density at radius 2 is 1.96 bits per heavy atom. The van der Waals surface area contributed by atoms with Gasteiger partial charge in [-0.3, -0.25) is 14.5 Å². The summed E-state index contributed by atoms with van der Waals surface area (Å²) in [5.74, 6) is 1.15. The molecular weight excluding hydrogens is 346 g/mol. The van der Waals surface area contributed by atoms with Crippen LogP contribution in [-0.2, 0) is 4.79 Å². The van der Waals surface area contributed by atoms with E-state index in [9.17, 15) is 9.59 Å². The largest absolute Gasteiger partial charge is 0.493 e. The topological polar surface area (TPSA) is 71.1 Å². The molecule has 3 rings (SSSR count). The predicted octanol–water partition coefficient (Wildman–Crippen LogP) is 1.30. The van der Waals surface area contributed by atoms with E-state index >= 15 is 0 Å². The molecule has 1 aliphatic carbocycles. The monoisotopic (exact) mass is 373 g/mol. The van der Waals surface area contributed by atoms with Crippen LogP contribution in [-0.4, -0.2) is 74.1 Å². The first-order chi connectivity index (χ1) is 13.1. The van der Waals surface area contributed by atoms with Crippen LogP contribution in [0.5, 0.6) is 11.5 Å². The van der Waals surface area contributed by atoms with Gasteiger partial charge in [0.15, 0.2) is 11.5 Å². The second kappa shape index (κ2) is 8.90. The molecule has 1 N–H and O–H groups in total. The number of carbonyl (C=O) groups is 2. The van der Waals surface area contributed by atoms with E-state index < -0.39 is 0 Å². The van der Waals surface area contributed by atoms with Gasteiger partial charge in [0.2, 0.25) is 5.91 Å².